The molecule has 0 spiro atoms. The molecule has 0 saturated carbocycles. The van der Waals surface area contributed by atoms with E-state index in [4.69, 9.17) is 4.74 Å². The summed E-state index contributed by atoms with van der Waals surface area (Å²) in [7, 11) is 0. The van der Waals surface area contributed by atoms with Gasteiger partial charge < -0.3 is 10.1 Å². The zero-order chi connectivity index (χ0) is 14.8. The van der Waals surface area contributed by atoms with Crippen molar-refractivity contribution in [1.29, 1.82) is 0 Å². The molecule has 0 heterocycles. The number of hydrogen-bond acceptors (Lipinski definition) is 3. The highest BCUT2D eigenvalue weighted by Crippen LogP contribution is 2.13. The van der Waals surface area contributed by atoms with Crippen molar-refractivity contribution in [3.05, 3.63) is 35.4 Å². The molecule has 0 fully saturated rings. The van der Waals surface area contributed by atoms with Crippen molar-refractivity contribution < 1.29 is 9.53 Å². The molecule has 0 unspecified atom stereocenters. The van der Waals surface area contributed by atoms with Crippen molar-refractivity contribution in [3.8, 4) is 0 Å². The second-order valence-electron chi connectivity index (χ2n) is 5.20. The van der Waals surface area contributed by atoms with Crippen molar-refractivity contribution in [1.82, 2.24) is 5.32 Å². The minimum Gasteiger partial charge on any atom is -0.466 e. The molecule has 3 nitrogen and oxygen atoms in total. The molecular weight excluding hydrogens is 250 g/mol. The van der Waals surface area contributed by atoms with Gasteiger partial charge in [-0.3, -0.25) is 4.79 Å². The second-order valence-corrected chi connectivity index (χ2v) is 5.20. The third-order valence-electron chi connectivity index (χ3n) is 3.39. The van der Waals surface area contributed by atoms with E-state index in [9.17, 15) is 4.79 Å². The van der Waals surface area contributed by atoms with Gasteiger partial charge in [0.1, 0.15) is 0 Å². The van der Waals surface area contributed by atoms with Gasteiger partial charge >= 0.3 is 5.97 Å². The van der Waals surface area contributed by atoms with Crippen LogP contribution in [0.15, 0.2) is 24.3 Å². The highest BCUT2D eigenvalue weighted by molar-refractivity contribution is 5.69. The van der Waals surface area contributed by atoms with E-state index >= 15 is 0 Å². The molecule has 0 saturated heterocycles. The van der Waals surface area contributed by atoms with E-state index in [2.05, 4.69) is 43.4 Å². The number of aryl methyl sites for hydroxylation is 1. The Labute approximate surface area is 122 Å². The Morgan fingerprint density at radius 2 is 1.90 bits per heavy atom. The Kier molecular flexibility index (Phi) is 7.97. The van der Waals surface area contributed by atoms with E-state index in [1.807, 2.05) is 6.92 Å². The summed E-state index contributed by atoms with van der Waals surface area (Å²) in [6, 6.07) is 9.02. The van der Waals surface area contributed by atoms with Crippen LogP contribution in [0.2, 0.25) is 0 Å². The van der Waals surface area contributed by atoms with E-state index < -0.39 is 0 Å². The van der Waals surface area contributed by atoms with Crippen LogP contribution < -0.4 is 5.32 Å². The summed E-state index contributed by atoms with van der Waals surface area (Å²) in [5.41, 5.74) is 2.61. The number of benzene rings is 1. The second kappa shape index (κ2) is 9.54. The van der Waals surface area contributed by atoms with Gasteiger partial charge in [0.15, 0.2) is 0 Å². The summed E-state index contributed by atoms with van der Waals surface area (Å²) in [6.07, 6.45) is 3.61. The summed E-state index contributed by atoms with van der Waals surface area (Å²) < 4.78 is 4.90. The fraction of sp³-hybridized carbons (Fsp3) is 0.588. The average molecular weight is 277 g/mol. The molecule has 1 atom stereocenters. The Morgan fingerprint density at radius 3 is 2.55 bits per heavy atom. The molecule has 1 N–H and O–H groups in total. The molecule has 0 aromatic heterocycles. The Balaban J connectivity index is 2.09. The van der Waals surface area contributed by atoms with E-state index in [0.29, 0.717) is 19.1 Å². The summed E-state index contributed by atoms with van der Waals surface area (Å²) in [6.45, 7) is 7.59. The number of esters is 1. The lowest BCUT2D eigenvalue weighted by Crippen LogP contribution is -2.19. The first-order valence-corrected chi connectivity index (χ1v) is 7.59. The molecule has 112 valence electrons. The van der Waals surface area contributed by atoms with Gasteiger partial charge in [-0.2, -0.15) is 0 Å². The molecule has 1 aromatic carbocycles. The molecule has 0 amide bonds. The Hall–Kier alpha value is -1.35. The number of hydrogen-bond donors (Lipinski definition) is 1. The Bertz CT molecular complexity index is 386. The highest BCUT2D eigenvalue weighted by atomic mass is 16.5. The van der Waals surface area contributed by atoms with Crippen LogP contribution in [0.25, 0.3) is 0 Å². The van der Waals surface area contributed by atoms with Gasteiger partial charge in [0.05, 0.1) is 6.61 Å². The molecule has 1 aromatic rings. The van der Waals surface area contributed by atoms with Crippen LogP contribution >= 0.6 is 0 Å². The molecule has 20 heavy (non-hydrogen) atoms. The lowest BCUT2D eigenvalue weighted by atomic mass is 10.1. The van der Waals surface area contributed by atoms with Crippen LogP contribution in [0.1, 0.15) is 56.7 Å². The fourth-order valence-corrected chi connectivity index (χ4v) is 2.10. The molecular formula is C17H27NO2. The van der Waals surface area contributed by atoms with Gasteiger partial charge in [-0.1, -0.05) is 36.2 Å². The van der Waals surface area contributed by atoms with E-state index in [0.717, 1.165) is 25.8 Å². The SMILES string of the molecule is CCOC(=O)CCCCCN[C@H](C)c1ccc(C)cc1. The lowest BCUT2D eigenvalue weighted by molar-refractivity contribution is -0.143. The zero-order valence-electron chi connectivity index (χ0n) is 12.9. The van der Waals surface area contributed by atoms with Crippen LogP contribution in [0, 0.1) is 6.92 Å². The molecule has 1 rings (SSSR count). The number of nitrogens with one attached hydrogen (secondary N) is 1. The first-order valence-electron chi connectivity index (χ1n) is 7.59. The largest absolute Gasteiger partial charge is 0.466 e. The maximum absolute atomic E-state index is 11.2. The van der Waals surface area contributed by atoms with Crippen molar-refractivity contribution >= 4 is 5.97 Å². The summed E-state index contributed by atoms with van der Waals surface area (Å²) >= 11 is 0. The van der Waals surface area contributed by atoms with Crippen LogP contribution in [0.3, 0.4) is 0 Å². The predicted octanol–water partition coefficient (Wildman–Crippen LogP) is 3.77. The monoisotopic (exact) mass is 277 g/mol. The average Bonchev–Trinajstić information content (AvgIpc) is 2.43. The molecule has 0 bridgehead atoms. The van der Waals surface area contributed by atoms with E-state index in [1.165, 1.54) is 11.1 Å². The van der Waals surface area contributed by atoms with Gasteiger partial charge in [-0.15, -0.1) is 0 Å². The van der Waals surface area contributed by atoms with E-state index in [1.54, 1.807) is 0 Å². The van der Waals surface area contributed by atoms with Crippen LogP contribution in [-0.2, 0) is 9.53 Å². The molecule has 0 aliphatic rings. The molecule has 0 radical (unpaired) electrons. The number of carbonyl (C=O) groups is 1. The first kappa shape index (κ1) is 16.7. The van der Waals surface area contributed by atoms with Gasteiger partial charge in [0.2, 0.25) is 0 Å². The predicted molar refractivity (Wildman–Crippen MR) is 82.7 cm³/mol. The maximum atomic E-state index is 11.2. The molecule has 3 heteroatoms. The van der Waals surface area contributed by atoms with Crippen molar-refractivity contribution in [2.24, 2.45) is 0 Å². The smallest absolute Gasteiger partial charge is 0.305 e. The van der Waals surface area contributed by atoms with Gasteiger partial charge in [-0.05, 0) is 45.7 Å². The molecule has 0 aliphatic carbocycles. The normalized spacial score (nSPS) is 12.2. The number of rotatable bonds is 9. The zero-order valence-corrected chi connectivity index (χ0v) is 12.9. The van der Waals surface area contributed by atoms with E-state index in [-0.39, 0.29) is 5.97 Å². The van der Waals surface area contributed by atoms with Crippen molar-refractivity contribution in [2.75, 3.05) is 13.2 Å². The summed E-state index contributed by atoms with van der Waals surface area (Å²) in [5, 5.41) is 3.52. The lowest BCUT2D eigenvalue weighted by Gasteiger charge is -2.14. The number of carbonyl (C=O) groups excluding carboxylic acids is 1. The Morgan fingerprint density at radius 1 is 1.20 bits per heavy atom. The summed E-state index contributed by atoms with van der Waals surface area (Å²) in [4.78, 5) is 11.2. The quantitative estimate of drug-likeness (QED) is 0.551. The molecule has 0 aliphatic heterocycles. The standard InChI is InChI=1S/C17H27NO2/c1-4-20-17(19)8-6-5-7-13-18-15(3)16-11-9-14(2)10-12-16/h9-12,15,18H,4-8,13H2,1-3H3/t15-/m1/s1. The van der Waals surface area contributed by atoms with Gasteiger partial charge in [-0.25, -0.2) is 0 Å². The first-order chi connectivity index (χ1) is 9.63. The number of ether oxygens (including phenoxy) is 1. The van der Waals surface area contributed by atoms with Crippen molar-refractivity contribution in [3.63, 3.8) is 0 Å². The van der Waals surface area contributed by atoms with Crippen LogP contribution in [-0.4, -0.2) is 19.1 Å². The fourth-order valence-electron chi connectivity index (χ4n) is 2.10. The van der Waals surface area contributed by atoms with Gasteiger partial charge in [0, 0.05) is 12.5 Å². The maximum Gasteiger partial charge on any atom is 0.305 e. The van der Waals surface area contributed by atoms with Gasteiger partial charge in [0.25, 0.3) is 0 Å². The summed E-state index contributed by atoms with van der Waals surface area (Å²) in [5.74, 6) is -0.0755. The third-order valence-corrected chi connectivity index (χ3v) is 3.39. The minimum atomic E-state index is -0.0755. The van der Waals surface area contributed by atoms with Crippen LogP contribution in [0.4, 0.5) is 0 Å². The van der Waals surface area contributed by atoms with Crippen LogP contribution in [0.5, 0.6) is 0 Å². The number of unbranched alkanes of at least 4 members (excludes halogenated alkanes) is 2. The minimum absolute atomic E-state index is 0.0755. The highest BCUT2D eigenvalue weighted by Gasteiger charge is 2.04. The topological polar surface area (TPSA) is 38.3 Å². The van der Waals surface area contributed by atoms with Crippen molar-refractivity contribution in [2.45, 2.75) is 52.5 Å². The third kappa shape index (κ3) is 6.71.